The lowest BCUT2D eigenvalue weighted by molar-refractivity contribution is -0.0191. The van der Waals surface area contributed by atoms with Crippen LogP contribution in [0.25, 0.3) is 0 Å². The Bertz CT molecular complexity index is 734. The van der Waals surface area contributed by atoms with Crippen LogP contribution in [0.5, 0.6) is 11.5 Å². The van der Waals surface area contributed by atoms with Gasteiger partial charge in [-0.25, -0.2) is 0 Å². The maximum absolute atomic E-state index is 10.7. The SMILES string of the molecule is [2H]C([2H])([2H])Oc1cc2c(cc1OC([2H])([2H])[2H])[C@H]1C[C@@H](O)[C@@H](CC(C)C)CN1CC2. The number of nitrogens with zero attached hydrogens (tertiary/aromatic N) is 1. The summed E-state index contributed by atoms with van der Waals surface area (Å²) in [6, 6.07) is 3.10. The fourth-order valence-corrected chi connectivity index (χ4v) is 4.10. The first-order chi connectivity index (χ1) is 13.3. The van der Waals surface area contributed by atoms with Gasteiger partial charge in [0.25, 0.3) is 0 Å². The lowest BCUT2D eigenvalue weighted by atomic mass is 9.79. The molecule has 0 amide bonds. The summed E-state index contributed by atoms with van der Waals surface area (Å²) in [5.74, 6) is 0.508. The van der Waals surface area contributed by atoms with Crippen molar-refractivity contribution in [2.24, 2.45) is 11.8 Å². The minimum Gasteiger partial charge on any atom is -0.493 e. The van der Waals surface area contributed by atoms with E-state index in [1.54, 1.807) is 12.1 Å². The van der Waals surface area contributed by atoms with Crippen LogP contribution in [0.1, 0.15) is 52.1 Å². The molecular formula is C19H29NO3. The van der Waals surface area contributed by atoms with Crippen LogP contribution in [-0.2, 0) is 6.42 Å². The molecule has 4 nitrogen and oxygen atoms in total. The second-order valence-corrected chi connectivity index (χ2v) is 7.16. The molecule has 0 aliphatic carbocycles. The summed E-state index contributed by atoms with van der Waals surface area (Å²) in [6.07, 6.45) is 1.77. The van der Waals surface area contributed by atoms with E-state index in [0.29, 0.717) is 18.8 Å². The molecular weight excluding hydrogens is 290 g/mol. The van der Waals surface area contributed by atoms with Crippen molar-refractivity contribution in [1.82, 2.24) is 4.90 Å². The van der Waals surface area contributed by atoms with Gasteiger partial charge in [0.1, 0.15) is 0 Å². The van der Waals surface area contributed by atoms with Crippen molar-refractivity contribution in [3.8, 4) is 11.5 Å². The lowest BCUT2D eigenvalue weighted by Crippen LogP contribution is -2.48. The number of hydrogen-bond acceptors (Lipinski definition) is 4. The molecule has 0 radical (unpaired) electrons. The van der Waals surface area contributed by atoms with Gasteiger partial charge in [0.05, 0.1) is 28.4 Å². The highest BCUT2D eigenvalue weighted by Gasteiger charge is 2.38. The molecule has 23 heavy (non-hydrogen) atoms. The third-order valence-corrected chi connectivity index (χ3v) is 5.15. The maximum Gasteiger partial charge on any atom is 0.161 e. The summed E-state index contributed by atoms with van der Waals surface area (Å²) >= 11 is 0. The van der Waals surface area contributed by atoms with Crippen molar-refractivity contribution in [3.05, 3.63) is 23.3 Å². The molecule has 128 valence electrons. The quantitative estimate of drug-likeness (QED) is 0.924. The largest absolute Gasteiger partial charge is 0.493 e. The number of methoxy groups -OCH3 is 2. The van der Waals surface area contributed by atoms with Crippen LogP contribution in [0.4, 0.5) is 0 Å². The third kappa shape index (κ3) is 3.20. The van der Waals surface area contributed by atoms with Crippen LogP contribution in [-0.4, -0.2) is 43.3 Å². The number of aliphatic hydroxyl groups excluding tert-OH is 1. The number of rotatable bonds is 4. The second kappa shape index (κ2) is 6.70. The van der Waals surface area contributed by atoms with E-state index >= 15 is 0 Å². The fourth-order valence-electron chi connectivity index (χ4n) is 4.10. The average Bonchev–Trinajstić information content (AvgIpc) is 2.53. The fraction of sp³-hybridized carbons (Fsp3) is 0.684. The highest BCUT2D eigenvalue weighted by atomic mass is 16.5. The molecule has 1 saturated heterocycles. The van der Waals surface area contributed by atoms with Crippen LogP contribution in [0.2, 0.25) is 0 Å². The Labute approximate surface area is 147 Å². The predicted molar refractivity (Wildman–Crippen MR) is 91.1 cm³/mol. The number of benzene rings is 1. The molecule has 2 aliphatic heterocycles. The van der Waals surface area contributed by atoms with Crippen molar-refractivity contribution < 1.29 is 22.8 Å². The van der Waals surface area contributed by atoms with Crippen LogP contribution in [0.15, 0.2) is 12.1 Å². The molecule has 0 unspecified atom stereocenters. The van der Waals surface area contributed by atoms with Gasteiger partial charge in [-0.15, -0.1) is 0 Å². The molecule has 3 atom stereocenters. The van der Waals surface area contributed by atoms with Crippen LogP contribution in [0.3, 0.4) is 0 Å². The molecule has 0 aromatic heterocycles. The van der Waals surface area contributed by atoms with Gasteiger partial charge in [0, 0.05) is 19.1 Å². The van der Waals surface area contributed by atoms with Gasteiger partial charge in [0.15, 0.2) is 11.5 Å². The molecule has 0 spiro atoms. The van der Waals surface area contributed by atoms with Gasteiger partial charge in [-0.05, 0) is 54.4 Å². The van der Waals surface area contributed by atoms with Crippen molar-refractivity contribution in [2.75, 3.05) is 27.2 Å². The second-order valence-electron chi connectivity index (χ2n) is 7.16. The average molecular weight is 325 g/mol. The normalized spacial score (nSPS) is 32.4. The Kier molecular flexibility index (Phi) is 3.08. The Balaban J connectivity index is 1.94. The van der Waals surface area contributed by atoms with E-state index in [-0.39, 0.29) is 23.5 Å². The Morgan fingerprint density at radius 1 is 1.30 bits per heavy atom. The maximum atomic E-state index is 10.7. The standard InChI is InChI=1S/C19H29NO3/c1-12(2)7-14-11-20-6-5-13-8-18(22-3)19(23-4)9-15(13)16(20)10-17(14)21/h8-9,12,14,16-17,21H,5-7,10-11H2,1-4H3/t14-,16+,17+/m0/s1/i3D3,4D3. The van der Waals surface area contributed by atoms with Crippen LogP contribution < -0.4 is 9.47 Å². The van der Waals surface area contributed by atoms with Crippen LogP contribution >= 0.6 is 0 Å². The smallest absolute Gasteiger partial charge is 0.161 e. The van der Waals surface area contributed by atoms with Crippen molar-refractivity contribution in [3.63, 3.8) is 0 Å². The molecule has 1 fully saturated rings. The Morgan fingerprint density at radius 3 is 2.74 bits per heavy atom. The first-order valence-electron chi connectivity index (χ1n) is 11.3. The van der Waals surface area contributed by atoms with Gasteiger partial charge >= 0.3 is 0 Å². The van der Waals surface area contributed by atoms with Crippen molar-refractivity contribution in [2.45, 2.75) is 45.3 Å². The summed E-state index contributed by atoms with van der Waals surface area (Å²) in [5.41, 5.74) is 1.77. The van der Waals surface area contributed by atoms with Crippen molar-refractivity contribution in [1.29, 1.82) is 0 Å². The van der Waals surface area contributed by atoms with Gasteiger partial charge < -0.3 is 14.6 Å². The van der Waals surface area contributed by atoms with E-state index in [4.69, 9.17) is 17.7 Å². The number of ether oxygens (including phenoxy) is 2. The summed E-state index contributed by atoms with van der Waals surface area (Å²) in [6.45, 7) is 5.88. The highest BCUT2D eigenvalue weighted by molar-refractivity contribution is 5.49. The van der Waals surface area contributed by atoms with E-state index in [9.17, 15) is 5.11 Å². The summed E-state index contributed by atoms with van der Waals surface area (Å²) < 4.78 is 54.4. The van der Waals surface area contributed by atoms with Gasteiger partial charge in [0.2, 0.25) is 0 Å². The van der Waals surface area contributed by atoms with E-state index in [1.165, 1.54) is 0 Å². The molecule has 3 rings (SSSR count). The zero-order valence-electron chi connectivity index (χ0n) is 19.7. The van der Waals surface area contributed by atoms with Crippen molar-refractivity contribution >= 4 is 0 Å². The molecule has 4 heteroatoms. The molecule has 2 aliphatic rings. The van der Waals surface area contributed by atoms with Crippen LogP contribution in [0, 0.1) is 11.8 Å². The number of aliphatic hydroxyl groups is 1. The topological polar surface area (TPSA) is 41.9 Å². The molecule has 0 bridgehead atoms. The van der Waals surface area contributed by atoms with Gasteiger partial charge in [-0.1, -0.05) is 13.8 Å². The molecule has 1 aromatic rings. The van der Waals surface area contributed by atoms with E-state index in [2.05, 4.69) is 18.7 Å². The third-order valence-electron chi connectivity index (χ3n) is 5.15. The summed E-state index contributed by atoms with van der Waals surface area (Å²) in [5, 5.41) is 10.7. The minimum atomic E-state index is -2.73. The Hall–Kier alpha value is -1.26. The van der Waals surface area contributed by atoms with E-state index in [0.717, 1.165) is 30.6 Å². The highest BCUT2D eigenvalue weighted by Crippen LogP contribution is 2.43. The molecule has 1 aromatic carbocycles. The summed E-state index contributed by atoms with van der Waals surface area (Å²) in [7, 11) is -5.45. The predicted octanol–water partition coefficient (Wildman–Crippen LogP) is 3.03. The van der Waals surface area contributed by atoms with E-state index in [1.807, 2.05) is 0 Å². The number of fused-ring (bicyclic) bond motifs is 3. The zero-order valence-corrected chi connectivity index (χ0v) is 13.7. The molecule has 2 heterocycles. The summed E-state index contributed by atoms with van der Waals surface area (Å²) in [4.78, 5) is 2.32. The first-order valence-corrected chi connectivity index (χ1v) is 8.29. The zero-order chi connectivity index (χ0) is 21.6. The minimum absolute atomic E-state index is 0.0575. The first kappa shape index (κ1) is 10.6. The number of hydrogen-bond donors (Lipinski definition) is 1. The lowest BCUT2D eigenvalue weighted by Gasteiger charge is -2.46. The van der Waals surface area contributed by atoms with Gasteiger partial charge in [-0.2, -0.15) is 0 Å². The monoisotopic (exact) mass is 325 g/mol. The molecule has 1 N–H and O–H groups in total. The number of piperidine rings is 1. The molecule has 0 saturated carbocycles. The van der Waals surface area contributed by atoms with E-state index < -0.39 is 20.2 Å². The van der Waals surface area contributed by atoms with Gasteiger partial charge in [-0.3, -0.25) is 4.90 Å². The Morgan fingerprint density at radius 2 is 2.04 bits per heavy atom.